The lowest BCUT2D eigenvalue weighted by Gasteiger charge is -2.18. The molecule has 6 nitrogen and oxygen atoms in total. The normalized spacial score (nSPS) is 12.8. The Morgan fingerprint density at radius 3 is 0.722 bits per heavy atom. The Labute approximate surface area is 450 Å². The maximum Gasteiger partial charge on any atom is 0.306 e. The summed E-state index contributed by atoms with van der Waals surface area (Å²) >= 11 is 0. The number of carbonyl (C=O) groups excluding carboxylic acids is 3. The molecule has 0 aromatic rings. The fourth-order valence-electron chi connectivity index (χ4n) is 10.2. The minimum Gasteiger partial charge on any atom is -0.462 e. The highest BCUT2D eigenvalue weighted by molar-refractivity contribution is 5.71. The van der Waals surface area contributed by atoms with Gasteiger partial charge in [-0.2, -0.15) is 0 Å². The van der Waals surface area contributed by atoms with Crippen LogP contribution in [0.4, 0.5) is 0 Å². The molecule has 0 aromatic heterocycles. The fraction of sp³-hybridized carbons (Fsp3) is 0.955. The molecule has 0 amide bonds. The Morgan fingerprint density at radius 1 is 0.278 bits per heavy atom. The molecule has 0 rings (SSSR count). The van der Waals surface area contributed by atoms with Crippen molar-refractivity contribution >= 4 is 17.9 Å². The van der Waals surface area contributed by atoms with Crippen LogP contribution in [0.1, 0.15) is 375 Å². The summed E-state index contributed by atoms with van der Waals surface area (Å²) in [6, 6.07) is 0. The van der Waals surface area contributed by atoms with Crippen molar-refractivity contribution in [3.05, 3.63) is 0 Å². The van der Waals surface area contributed by atoms with Crippen LogP contribution in [-0.2, 0) is 28.6 Å². The average molecular weight is 1020 g/mol. The van der Waals surface area contributed by atoms with Crippen molar-refractivity contribution in [2.45, 2.75) is 381 Å². The van der Waals surface area contributed by atoms with Crippen LogP contribution in [0.5, 0.6) is 0 Å². The minimum atomic E-state index is -0.763. The third kappa shape index (κ3) is 56.1. The summed E-state index contributed by atoms with van der Waals surface area (Å²) in [5.74, 6) is 0.987. The zero-order chi connectivity index (χ0) is 52.5. The summed E-state index contributed by atoms with van der Waals surface area (Å²) in [5.41, 5.74) is 0. The Morgan fingerprint density at radius 2 is 0.486 bits per heavy atom. The Balaban J connectivity index is 4.17. The topological polar surface area (TPSA) is 78.9 Å². The molecule has 0 radical (unpaired) electrons. The molecule has 0 heterocycles. The quantitative estimate of drug-likeness (QED) is 0.0343. The van der Waals surface area contributed by atoms with E-state index in [1.165, 1.54) is 263 Å². The molecule has 0 spiro atoms. The fourth-order valence-corrected chi connectivity index (χ4v) is 10.2. The molecular weight excluding hydrogens is 889 g/mol. The van der Waals surface area contributed by atoms with Crippen molar-refractivity contribution in [1.29, 1.82) is 0 Å². The molecule has 0 aromatic carbocycles. The van der Waals surface area contributed by atoms with Crippen LogP contribution in [0.2, 0.25) is 0 Å². The summed E-state index contributed by atoms with van der Waals surface area (Å²) in [6.07, 6.45) is 65.3. The van der Waals surface area contributed by atoms with Crippen LogP contribution in [0.3, 0.4) is 0 Å². The van der Waals surface area contributed by atoms with E-state index in [-0.39, 0.29) is 31.1 Å². The lowest BCUT2D eigenvalue weighted by molar-refractivity contribution is -0.167. The monoisotopic (exact) mass is 1020 g/mol. The van der Waals surface area contributed by atoms with E-state index in [2.05, 4.69) is 34.6 Å². The molecular formula is C66H128O6. The van der Waals surface area contributed by atoms with E-state index >= 15 is 0 Å². The number of ether oxygens (including phenoxy) is 3. The second-order valence-electron chi connectivity index (χ2n) is 23.2. The lowest BCUT2D eigenvalue weighted by atomic mass is 9.99. The van der Waals surface area contributed by atoms with Crippen molar-refractivity contribution < 1.29 is 28.6 Å². The SMILES string of the molecule is CCCCCCCCCCCCC(=O)OC[C@@H](COC(=O)CCCCCCCCCCCCCCCCCCCCC(C)CC)OC(=O)CCCCCCCCCCCCCCCCCCCCC(C)CC. The third-order valence-corrected chi connectivity index (χ3v) is 15.9. The molecule has 0 bridgehead atoms. The summed E-state index contributed by atoms with van der Waals surface area (Å²) in [4.78, 5) is 38.2. The average Bonchev–Trinajstić information content (AvgIpc) is 3.38. The van der Waals surface area contributed by atoms with Gasteiger partial charge >= 0.3 is 17.9 Å². The molecule has 2 unspecified atom stereocenters. The first kappa shape index (κ1) is 70.4. The predicted octanol–water partition coefficient (Wildman–Crippen LogP) is 22.0. The van der Waals surface area contributed by atoms with Gasteiger partial charge in [0.05, 0.1) is 0 Å². The first-order chi connectivity index (χ1) is 35.3. The molecule has 0 aliphatic carbocycles. The Kier molecular flexibility index (Phi) is 57.4. The van der Waals surface area contributed by atoms with Crippen LogP contribution in [-0.4, -0.2) is 37.2 Å². The van der Waals surface area contributed by atoms with Gasteiger partial charge in [0, 0.05) is 19.3 Å². The highest BCUT2D eigenvalue weighted by Crippen LogP contribution is 2.20. The highest BCUT2D eigenvalue weighted by atomic mass is 16.6. The number of rotatable bonds is 60. The van der Waals surface area contributed by atoms with Crippen LogP contribution in [0, 0.1) is 11.8 Å². The van der Waals surface area contributed by atoms with Crippen LogP contribution < -0.4 is 0 Å². The first-order valence-electron chi connectivity index (χ1n) is 32.8. The number of hydrogen-bond donors (Lipinski definition) is 0. The van der Waals surface area contributed by atoms with Crippen molar-refractivity contribution in [3.8, 4) is 0 Å². The van der Waals surface area contributed by atoms with E-state index in [9.17, 15) is 14.4 Å². The van der Waals surface area contributed by atoms with Crippen LogP contribution >= 0.6 is 0 Å². The zero-order valence-electron chi connectivity index (χ0n) is 49.6. The van der Waals surface area contributed by atoms with Crippen molar-refractivity contribution in [3.63, 3.8) is 0 Å². The van der Waals surface area contributed by atoms with Crippen LogP contribution in [0.25, 0.3) is 0 Å². The second kappa shape index (κ2) is 58.7. The van der Waals surface area contributed by atoms with E-state index in [0.29, 0.717) is 19.3 Å². The van der Waals surface area contributed by atoms with Gasteiger partial charge in [0.2, 0.25) is 0 Å². The number of carbonyl (C=O) groups is 3. The Bertz CT molecular complexity index is 1110. The summed E-state index contributed by atoms with van der Waals surface area (Å²) in [6.45, 7) is 11.5. The van der Waals surface area contributed by atoms with Gasteiger partial charge in [0.1, 0.15) is 13.2 Å². The largest absolute Gasteiger partial charge is 0.462 e. The summed E-state index contributed by atoms with van der Waals surface area (Å²) in [5, 5.41) is 0. The van der Waals surface area contributed by atoms with Gasteiger partial charge < -0.3 is 14.2 Å². The molecule has 6 heteroatoms. The third-order valence-electron chi connectivity index (χ3n) is 15.9. The minimum absolute atomic E-state index is 0.0618. The standard InChI is InChI=1S/C66H128O6/c1-6-9-10-11-12-13-36-41-46-51-56-64(67)70-59-63(72-66(69)58-53-48-43-38-33-29-25-21-17-15-19-23-27-31-35-40-45-50-55-62(5)8-3)60-71-65(68)57-52-47-42-37-32-28-24-20-16-14-18-22-26-30-34-39-44-49-54-61(4)7-2/h61-63H,6-60H2,1-5H3/t61?,62?,63-/m0/s1. The molecule has 0 saturated heterocycles. The molecule has 72 heavy (non-hydrogen) atoms. The lowest BCUT2D eigenvalue weighted by Crippen LogP contribution is -2.30. The van der Waals surface area contributed by atoms with Crippen molar-refractivity contribution in [2.75, 3.05) is 13.2 Å². The summed E-state index contributed by atoms with van der Waals surface area (Å²) < 4.78 is 16.9. The molecule has 0 aliphatic heterocycles. The molecule has 0 N–H and O–H groups in total. The van der Waals surface area contributed by atoms with E-state index in [1.54, 1.807) is 0 Å². The van der Waals surface area contributed by atoms with Crippen molar-refractivity contribution in [1.82, 2.24) is 0 Å². The highest BCUT2D eigenvalue weighted by Gasteiger charge is 2.19. The van der Waals surface area contributed by atoms with Crippen LogP contribution in [0.15, 0.2) is 0 Å². The molecule has 0 aliphatic rings. The number of unbranched alkanes of at least 4 members (excludes halogenated alkanes) is 43. The number of hydrogen-bond acceptors (Lipinski definition) is 6. The van der Waals surface area contributed by atoms with Gasteiger partial charge in [-0.05, 0) is 31.1 Å². The van der Waals surface area contributed by atoms with E-state index < -0.39 is 6.10 Å². The predicted molar refractivity (Wildman–Crippen MR) is 312 cm³/mol. The van der Waals surface area contributed by atoms with Gasteiger partial charge in [-0.1, -0.05) is 336 Å². The molecule has 428 valence electrons. The zero-order valence-corrected chi connectivity index (χ0v) is 49.6. The smallest absolute Gasteiger partial charge is 0.306 e. The van der Waals surface area contributed by atoms with Gasteiger partial charge in [-0.15, -0.1) is 0 Å². The van der Waals surface area contributed by atoms with Gasteiger partial charge in [-0.25, -0.2) is 0 Å². The van der Waals surface area contributed by atoms with Gasteiger partial charge in [-0.3, -0.25) is 14.4 Å². The second-order valence-corrected chi connectivity index (χ2v) is 23.2. The van der Waals surface area contributed by atoms with Crippen molar-refractivity contribution in [2.24, 2.45) is 11.8 Å². The maximum atomic E-state index is 12.9. The van der Waals surface area contributed by atoms with E-state index in [4.69, 9.17) is 14.2 Å². The summed E-state index contributed by atoms with van der Waals surface area (Å²) in [7, 11) is 0. The number of esters is 3. The molecule has 0 fully saturated rings. The first-order valence-corrected chi connectivity index (χ1v) is 32.8. The molecule has 3 atom stereocenters. The maximum absolute atomic E-state index is 12.9. The van der Waals surface area contributed by atoms with E-state index in [0.717, 1.165) is 69.6 Å². The van der Waals surface area contributed by atoms with Gasteiger partial charge in [0.15, 0.2) is 6.10 Å². The molecule has 0 saturated carbocycles. The van der Waals surface area contributed by atoms with Gasteiger partial charge in [0.25, 0.3) is 0 Å². The van der Waals surface area contributed by atoms with E-state index in [1.807, 2.05) is 0 Å². The Hall–Kier alpha value is -1.59.